The Kier molecular flexibility index (Phi) is 6.40. The molecule has 0 spiro atoms. The molecule has 8 heteroatoms. The van der Waals surface area contributed by atoms with Crippen LogP contribution in [0, 0.1) is 0 Å². The molecule has 0 bridgehead atoms. The third kappa shape index (κ3) is 4.99. The van der Waals surface area contributed by atoms with Crippen LogP contribution in [0.3, 0.4) is 0 Å². The van der Waals surface area contributed by atoms with Gasteiger partial charge in [-0.2, -0.15) is 4.98 Å². The highest BCUT2D eigenvalue weighted by atomic mass is 16.6. The highest BCUT2D eigenvalue weighted by Gasteiger charge is 2.39. The highest BCUT2D eigenvalue weighted by molar-refractivity contribution is 5.89. The molecule has 0 amide bonds. The molecule has 160 valence electrons. The summed E-state index contributed by atoms with van der Waals surface area (Å²) < 4.78 is 12.6. The number of benzene rings is 2. The van der Waals surface area contributed by atoms with Gasteiger partial charge < -0.3 is 19.9 Å². The molecule has 1 aliphatic heterocycles. The minimum atomic E-state index is -0.722. The maximum atomic E-state index is 12.5. The van der Waals surface area contributed by atoms with Crippen molar-refractivity contribution in [3.63, 3.8) is 0 Å². The van der Waals surface area contributed by atoms with Gasteiger partial charge in [0.15, 0.2) is 0 Å². The van der Waals surface area contributed by atoms with Gasteiger partial charge in [-0.05, 0) is 23.8 Å². The summed E-state index contributed by atoms with van der Waals surface area (Å²) in [6.07, 6.45) is -0.259. The molecule has 1 saturated heterocycles. The van der Waals surface area contributed by atoms with Gasteiger partial charge in [0.1, 0.15) is 24.3 Å². The molecule has 3 aromatic rings. The second kappa shape index (κ2) is 9.55. The van der Waals surface area contributed by atoms with Gasteiger partial charge in [0, 0.05) is 19.2 Å². The van der Waals surface area contributed by atoms with Crippen LogP contribution in [0.2, 0.25) is 0 Å². The third-order valence-corrected chi connectivity index (χ3v) is 5.09. The molecule has 2 N–H and O–H groups in total. The lowest BCUT2D eigenvalue weighted by Crippen LogP contribution is -2.30. The van der Waals surface area contributed by atoms with Crippen LogP contribution in [0.4, 0.5) is 5.82 Å². The number of aromatic nitrogens is 2. The predicted molar refractivity (Wildman–Crippen MR) is 114 cm³/mol. The summed E-state index contributed by atoms with van der Waals surface area (Å²) in [5.41, 5.74) is 0.992. The van der Waals surface area contributed by atoms with Gasteiger partial charge in [-0.1, -0.05) is 48.5 Å². The SMILES string of the molecule is O=C(O[C@H]1C[C@H](n2ccc(NCc3ccccc3)nc2=O)O[C@@H]1CO)c1ccccc1. The van der Waals surface area contributed by atoms with Crippen LogP contribution < -0.4 is 11.0 Å². The number of aliphatic hydroxyl groups is 1. The number of nitrogens with one attached hydrogen (secondary N) is 1. The van der Waals surface area contributed by atoms with Crippen molar-refractivity contribution in [1.82, 2.24) is 9.55 Å². The molecular formula is C23H23N3O5. The fourth-order valence-electron chi connectivity index (χ4n) is 3.46. The molecule has 0 saturated carbocycles. The number of rotatable bonds is 7. The van der Waals surface area contributed by atoms with E-state index in [1.807, 2.05) is 30.3 Å². The lowest BCUT2D eigenvalue weighted by atomic mass is 10.1. The number of hydrogen-bond donors (Lipinski definition) is 2. The maximum Gasteiger partial charge on any atom is 0.351 e. The standard InChI is InChI=1S/C23H23N3O5/c27-15-19-18(31-22(28)17-9-5-2-6-10-17)13-21(30-19)26-12-11-20(25-23(26)29)24-14-16-7-3-1-4-8-16/h1-12,18-19,21,27H,13-15H2,(H,24,25,29)/t18-,19+,21+/m0/s1. The van der Waals surface area contributed by atoms with Crippen LogP contribution in [-0.4, -0.2) is 39.4 Å². The minimum Gasteiger partial charge on any atom is -0.456 e. The van der Waals surface area contributed by atoms with E-state index in [9.17, 15) is 14.7 Å². The van der Waals surface area contributed by atoms with Crippen molar-refractivity contribution in [2.75, 3.05) is 11.9 Å². The first-order valence-electron chi connectivity index (χ1n) is 10.0. The van der Waals surface area contributed by atoms with Crippen LogP contribution in [0.15, 0.2) is 77.7 Å². The summed E-state index contributed by atoms with van der Waals surface area (Å²) >= 11 is 0. The lowest BCUT2D eigenvalue weighted by Gasteiger charge is -2.16. The van der Waals surface area contributed by atoms with Crippen molar-refractivity contribution in [2.45, 2.75) is 31.4 Å². The Bertz CT molecular complexity index is 1070. The van der Waals surface area contributed by atoms with Gasteiger partial charge in [0.25, 0.3) is 0 Å². The van der Waals surface area contributed by atoms with Gasteiger partial charge in [-0.3, -0.25) is 4.57 Å². The van der Waals surface area contributed by atoms with Crippen molar-refractivity contribution < 1.29 is 19.4 Å². The smallest absolute Gasteiger partial charge is 0.351 e. The van der Waals surface area contributed by atoms with Crippen LogP contribution in [0.5, 0.6) is 0 Å². The first-order valence-corrected chi connectivity index (χ1v) is 10.0. The van der Waals surface area contributed by atoms with Gasteiger partial charge >= 0.3 is 11.7 Å². The van der Waals surface area contributed by atoms with E-state index in [2.05, 4.69) is 10.3 Å². The Hall–Kier alpha value is -3.49. The number of esters is 1. The van der Waals surface area contributed by atoms with E-state index in [1.54, 1.807) is 42.6 Å². The average molecular weight is 421 g/mol. The zero-order valence-corrected chi connectivity index (χ0v) is 16.8. The molecule has 4 rings (SSSR count). The molecule has 2 heterocycles. The monoisotopic (exact) mass is 421 g/mol. The number of aliphatic hydroxyl groups excluding tert-OH is 1. The second-order valence-electron chi connectivity index (χ2n) is 7.20. The van der Waals surface area contributed by atoms with E-state index in [4.69, 9.17) is 9.47 Å². The molecule has 0 unspecified atom stereocenters. The van der Waals surface area contributed by atoms with Gasteiger partial charge in [0.2, 0.25) is 0 Å². The number of nitrogens with zero attached hydrogens (tertiary/aromatic N) is 2. The molecule has 8 nitrogen and oxygen atoms in total. The maximum absolute atomic E-state index is 12.5. The molecule has 2 aromatic carbocycles. The van der Waals surface area contributed by atoms with Crippen LogP contribution >= 0.6 is 0 Å². The molecule has 31 heavy (non-hydrogen) atoms. The summed E-state index contributed by atoms with van der Waals surface area (Å²) in [6.45, 7) is 0.212. The Morgan fingerprint density at radius 2 is 1.84 bits per heavy atom. The summed E-state index contributed by atoms with van der Waals surface area (Å²) in [4.78, 5) is 29.0. The topological polar surface area (TPSA) is 103 Å². The van der Waals surface area contributed by atoms with Crippen molar-refractivity contribution >= 4 is 11.8 Å². The van der Waals surface area contributed by atoms with Crippen LogP contribution in [0.1, 0.15) is 28.6 Å². The molecule has 0 radical (unpaired) electrons. The van der Waals surface area contributed by atoms with E-state index in [-0.39, 0.29) is 13.0 Å². The zero-order chi connectivity index (χ0) is 21.6. The van der Waals surface area contributed by atoms with Gasteiger partial charge in [0.05, 0.1) is 12.2 Å². The number of carbonyl (C=O) groups excluding carboxylic acids is 1. The van der Waals surface area contributed by atoms with E-state index in [0.29, 0.717) is 17.9 Å². The summed E-state index contributed by atoms with van der Waals surface area (Å²) in [5, 5.41) is 12.8. The third-order valence-electron chi connectivity index (χ3n) is 5.09. The summed E-state index contributed by atoms with van der Waals surface area (Å²) in [5.74, 6) is -0.0481. The van der Waals surface area contributed by atoms with Gasteiger partial charge in [-0.15, -0.1) is 0 Å². The molecule has 1 fully saturated rings. The largest absolute Gasteiger partial charge is 0.456 e. The van der Waals surface area contributed by atoms with E-state index in [0.717, 1.165) is 5.56 Å². The van der Waals surface area contributed by atoms with E-state index < -0.39 is 30.1 Å². The molecule has 3 atom stereocenters. The normalized spacial score (nSPS) is 20.4. The van der Waals surface area contributed by atoms with E-state index >= 15 is 0 Å². The average Bonchev–Trinajstić information content (AvgIpc) is 3.21. The van der Waals surface area contributed by atoms with Crippen molar-refractivity contribution in [1.29, 1.82) is 0 Å². The summed E-state index contributed by atoms with van der Waals surface area (Å²) in [6, 6.07) is 20.1. The van der Waals surface area contributed by atoms with Crippen molar-refractivity contribution in [3.05, 3.63) is 94.5 Å². The van der Waals surface area contributed by atoms with Crippen LogP contribution in [0.25, 0.3) is 0 Å². The molecular weight excluding hydrogens is 398 g/mol. The number of hydrogen-bond acceptors (Lipinski definition) is 7. The summed E-state index contributed by atoms with van der Waals surface area (Å²) in [7, 11) is 0. The Morgan fingerprint density at radius 3 is 2.52 bits per heavy atom. The molecule has 1 aromatic heterocycles. The van der Waals surface area contributed by atoms with E-state index in [1.165, 1.54) is 4.57 Å². The Labute approximate surface area is 179 Å². The molecule has 0 aliphatic carbocycles. The minimum absolute atomic E-state index is 0.238. The first kappa shape index (κ1) is 20.8. The Balaban J connectivity index is 1.42. The van der Waals surface area contributed by atoms with Crippen LogP contribution in [-0.2, 0) is 16.0 Å². The quantitative estimate of drug-likeness (QED) is 0.565. The molecule has 1 aliphatic rings. The lowest BCUT2D eigenvalue weighted by molar-refractivity contribution is -0.0521. The number of carbonyl (C=O) groups is 1. The van der Waals surface area contributed by atoms with Crippen molar-refractivity contribution in [3.8, 4) is 0 Å². The van der Waals surface area contributed by atoms with Crippen molar-refractivity contribution in [2.24, 2.45) is 0 Å². The fraction of sp³-hybridized carbons (Fsp3) is 0.261. The highest BCUT2D eigenvalue weighted by Crippen LogP contribution is 2.30. The second-order valence-corrected chi connectivity index (χ2v) is 7.20. The zero-order valence-electron chi connectivity index (χ0n) is 16.8. The first-order chi connectivity index (χ1) is 15.1. The fourth-order valence-corrected chi connectivity index (χ4v) is 3.46. The predicted octanol–water partition coefficient (Wildman–Crippen LogP) is 2.36. The number of ether oxygens (including phenoxy) is 2. The number of anilines is 1. The van der Waals surface area contributed by atoms with Gasteiger partial charge in [-0.25, -0.2) is 9.59 Å². The Morgan fingerprint density at radius 1 is 1.13 bits per heavy atom.